The maximum absolute atomic E-state index is 12.5. The van der Waals surface area contributed by atoms with Gasteiger partial charge in [-0.25, -0.2) is 9.59 Å². The van der Waals surface area contributed by atoms with E-state index in [0.29, 0.717) is 0 Å². The first-order valence-electron chi connectivity index (χ1n) is 7.70. The number of hydrogen-bond donors (Lipinski definition) is 0. The van der Waals surface area contributed by atoms with Gasteiger partial charge in [0.25, 0.3) is 0 Å². The van der Waals surface area contributed by atoms with Crippen molar-refractivity contribution in [3.8, 4) is 0 Å². The third kappa shape index (κ3) is 3.04. The summed E-state index contributed by atoms with van der Waals surface area (Å²) >= 11 is 0. The molecule has 0 unspecified atom stereocenters. The molecule has 0 atom stereocenters. The molecule has 4 nitrogen and oxygen atoms in total. The van der Waals surface area contributed by atoms with Gasteiger partial charge in [-0.2, -0.15) is 0 Å². The minimum atomic E-state index is -0.562. The first-order valence-corrected chi connectivity index (χ1v) is 7.70. The molecule has 0 radical (unpaired) electrons. The Hall–Kier alpha value is -2.62. The van der Waals surface area contributed by atoms with Crippen molar-refractivity contribution in [1.82, 2.24) is 0 Å². The summed E-state index contributed by atoms with van der Waals surface area (Å²) < 4.78 is 9.84. The summed E-state index contributed by atoms with van der Waals surface area (Å²) in [4.78, 5) is 24.8. The molecule has 0 aliphatic heterocycles. The molecule has 4 heteroatoms. The van der Waals surface area contributed by atoms with Gasteiger partial charge in [0.15, 0.2) is 0 Å². The fourth-order valence-corrected chi connectivity index (χ4v) is 3.20. The van der Waals surface area contributed by atoms with Gasteiger partial charge in [0, 0.05) is 5.57 Å². The topological polar surface area (TPSA) is 52.6 Å². The first-order chi connectivity index (χ1) is 11.3. The molecule has 0 fully saturated rings. The Balaban J connectivity index is 2.96. The van der Waals surface area contributed by atoms with Crippen LogP contribution in [0.25, 0.3) is 0 Å². The van der Waals surface area contributed by atoms with Gasteiger partial charge in [0.2, 0.25) is 0 Å². The molecule has 0 saturated heterocycles. The van der Waals surface area contributed by atoms with E-state index in [4.69, 9.17) is 9.47 Å². The second kappa shape index (κ2) is 6.87. The van der Waals surface area contributed by atoms with Crippen LogP contribution >= 0.6 is 0 Å². The zero-order valence-corrected chi connectivity index (χ0v) is 14.9. The molecule has 0 spiro atoms. The summed E-state index contributed by atoms with van der Waals surface area (Å²) in [6, 6.07) is 0. The van der Waals surface area contributed by atoms with E-state index in [-0.39, 0.29) is 11.1 Å². The summed E-state index contributed by atoms with van der Waals surface area (Å²) in [6.07, 6.45) is 7.53. The van der Waals surface area contributed by atoms with Crippen molar-refractivity contribution < 1.29 is 19.1 Å². The van der Waals surface area contributed by atoms with Crippen LogP contribution in [0.1, 0.15) is 27.7 Å². The van der Waals surface area contributed by atoms with Crippen LogP contribution in [0, 0.1) is 0 Å². The molecule has 0 bridgehead atoms. The molecule has 0 aromatic carbocycles. The lowest BCUT2D eigenvalue weighted by Crippen LogP contribution is -2.18. The third-order valence-corrected chi connectivity index (χ3v) is 4.14. The summed E-state index contributed by atoms with van der Waals surface area (Å²) in [6.45, 7) is 7.90. The highest BCUT2D eigenvalue weighted by molar-refractivity contribution is 6.09. The average Bonchev–Trinajstić information content (AvgIpc) is 2.75. The highest BCUT2D eigenvalue weighted by Gasteiger charge is 2.31. The Kier molecular flexibility index (Phi) is 5.07. The standard InChI is InChI=1S/C20H22O4/c1-11-9-13(3)16-12(2)7-8-15(19(21)23-5)18(20(22)24-6)17(16)14(4)10-11/h7-10H,1-6H3. The van der Waals surface area contributed by atoms with Gasteiger partial charge in [-0.3, -0.25) is 0 Å². The van der Waals surface area contributed by atoms with Crippen LogP contribution in [-0.2, 0) is 19.1 Å². The third-order valence-electron chi connectivity index (χ3n) is 4.14. The number of carbonyl (C=O) groups is 2. The van der Waals surface area contributed by atoms with E-state index in [1.165, 1.54) is 14.2 Å². The van der Waals surface area contributed by atoms with Crippen LogP contribution < -0.4 is 0 Å². The maximum Gasteiger partial charge on any atom is 0.339 e. The molecule has 2 aliphatic carbocycles. The van der Waals surface area contributed by atoms with E-state index in [9.17, 15) is 9.59 Å². The first kappa shape index (κ1) is 17.7. The SMILES string of the molecule is COC(=O)C1=CC=C(C)C2=C(C)C=C(C)C=C(C)C2=C1C(=O)OC. The van der Waals surface area contributed by atoms with Crippen LogP contribution in [0.2, 0.25) is 0 Å². The normalized spacial score (nSPS) is 17.8. The number of esters is 2. The molecule has 126 valence electrons. The van der Waals surface area contributed by atoms with E-state index in [1.54, 1.807) is 6.08 Å². The molecule has 2 rings (SSSR count). The largest absolute Gasteiger partial charge is 0.465 e. The predicted molar refractivity (Wildman–Crippen MR) is 93.1 cm³/mol. The zero-order valence-electron chi connectivity index (χ0n) is 14.9. The van der Waals surface area contributed by atoms with E-state index < -0.39 is 11.9 Å². The van der Waals surface area contributed by atoms with Crippen molar-refractivity contribution in [3.05, 3.63) is 68.9 Å². The van der Waals surface area contributed by atoms with Gasteiger partial charge < -0.3 is 9.47 Å². The van der Waals surface area contributed by atoms with E-state index in [1.807, 2.05) is 39.8 Å². The van der Waals surface area contributed by atoms with Crippen molar-refractivity contribution in [2.24, 2.45) is 0 Å². The smallest absolute Gasteiger partial charge is 0.339 e. The molecule has 0 N–H and O–H groups in total. The van der Waals surface area contributed by atoms with Crippen LogP contribution in [-0.4, -0.2) is 26.2 Å². The van der Waals surface area contributed by atoms with Crippen LogP contribution in [0.4, 0.5) is 0 Å². The van der Waals surface area contributed by atoms with E-state index >= 15 is 0 Å². The highest BCUT2D eigenvalue weighted by Crippen LogP contribution is 2.39. The van der Waals surface area contributed by atoms with Crippen molar-refractivity contribution in [2.75, 3.05) is 14.2 Å². The number of ether oxygens (including phenoxy) is 2. The van der Waals surface area contributed by atoms with Crippen LogP contribution in [0.15, 0.2) is 68.9 Å². The fourth-order valence-electron chi connectivity index (χ4n) is 3.20. The molecular weight excluding hydrogens is 304 g/mol. The molecule has 24 heavy (non-hydrogen) atoms. The Bertz CT molecular complexity index is 795. The van der Waals surface area contributed by atoms with E-state index in [0.717, 1.165) is 33.4 Å². The number of hydrogen-bond acceptors (Lipinski definition) is 4. The molecule has 0 aromatic rings. The van der Waals surface area contributed by atoms with E-state index in [2.05, 4.69) is 6.08 Å². The zero-order chi connectivity index (χ0) is 18.0. The Morgan fingerprint density at radius 3 is 2.00 bits per heavy atom. The van der Waals surface area contributed by atoms with Crippen LogP contribution in [0.5, 0.6) is 0 Å². The van der Waals surface area contributed by atoms with Gasteiger partial charge in [0.1, 0.15) is 0 Å². The number of methoxy groups -OCH3 is 2. The van der Waals surface area contributed by atoms with Gasteiger partial charge in [-0.15, -0.1) is 0 Å². The molecule has 0 heterocycles. The number of carbonyl (C=O) groups excluding carboxylic acids is 2. The fraction of sp³-hybridized carbons (Fsp3) is 0.300. The van der Waals surface area contributed by atoms with Crippen molar-refractivity contribution in [2.45, 2.75) is 27.7 Å². The van der Waals surface area contributed by atoms with Crippen LogP contribution in [0.3, 0.4) is 0 Å². The Labute approximate surface area is 142 Å². The number of fused-ring (bicyclic) bond motifs is 1. The number of rotatable bonds is 2. The summed E-state index contributed by atoms with van der Waals surface area (Å²) in [5.41, 5.74) is 6.09. The lowest BCUT2D eigenvalue weighted by Gasteiger charge is -2.18. The highest BCUT2D eigenvalue weighted by atomic mass is 16.5. The molecule has 0 aromatic heterocycles. The number of allylic oxidation sites excluding steroid dienone is 10. The Morgan fingerprint density at radius 1 is 0.792 bits per heavy atom. The van der Waals surface area contributed by atoms with Crippen molar-refractivity contribution in [1.29, 1.82) is 0 Å². The van der Waals surface area contributed by atoms with Gasteiger partial charge in [-0.1, -0.05) is 23.8 Å². The monoisotopic (exact) mass is 326 g/mol. The minimum Gasteiger partial charge on any atom is -0.465 e. The lowest BCUT2D eigenvalue weighted by atomic mass is 9.86. The van der Waals surface area contributed by atoms with Gasteiger partial charge >= 0.3 is 11.9 Å². The quantitative estimate of drug-likeness (QED) is 0.725. The predicted octanol–water partition coefficient (Wildman–Crippen LogP) is 3.74. The van der Waals surface area contributed by atoms with Gasteiger partial charge in [-0.05, 0) is 56.1 Å². The summed E-state index contributed by atoms with van der Waals surface area (Å²) in [7, 11) is 2.61. The van der Waals surface area contributed by atoms with Crippen molar-refractivity contribution >= 4 is 11.9 Å². The minimum absolute atomic E-state index is 0.203. The Morgan fingerprint density at radius 2 is 1.42 bits per heavy atom. The van der Waals surface area contributed by atoms with Gasteiger partial charge in [0.05, 0.1) is 25.4 Å². The second-order valence-corrected chi connectivity index (χ2v) is 5.94. The maximum atomic E-state index is 12.5. The summed E-state index contributed by atoms with van der Waals surface area (Å²) in [5.74, 6) is -1.12. The average molecular weight is 326 g/mol. The lowest BCUT2D eigenvalue weighted by molar-refractivity contribution is -0.139. The molecule has 2 aliphatic rings. The second-order valence-electron chi connectivity index (χ2n) is 5.94. The summed E-state index contributed by atoms with van der Waals surface area (Å²) in [5, 5.41) is 0. The molecule has 0 saturated carbocycles. The molecular formula is C20H22O4. The molecule has 0 amide bonds. The van der Waals surface area contributed by atoms with Crippen molar-refractivity contribution in [3.63, 3.8) is 0 Å².